The van der Waals surface area contributed by atoms with Crippen molar-refractivity contribution in [1.29, 1.82) is 0 Å². The van der Waals surface area contributed by atoms with Gasteiger partial charge in [0.25, 0.3) is 0 Å². The average Bonchev–Trinajstić information content (AvgIpc) is 3.16. The van der Waals surface area contributed by atoms with Gasteiger partial charge in [-0.3, -0.25) is 0 Å². The number of nitrogens with one attached hydrogen (secondary N) is 1. The number of likely N-dealkylation sites (N-methyl/N-ethyl adjacent to an activating group) is 1. The van der Waals surface area contributed by atoms with Crippen LogP contribution in [-0.2, 0) is 4.74 Å². The second-order valence-corrected chi connectivity index (χ2v) is 14.7. The van der Waals surface area contributed by atoms with Gasteiger partial charge in [-0.15, -0.1) is 0 Å². The van der Waals surface area contributed by atoms with Crippen molar-refractivity contribution in [2.24, 2.45) is 52.3 Å². The van der Waals surface area contributed by atoms with Crippen molar-refractivity contribution in [2.45, 2.75) is 118 Å². The van der Waals surface area contributed by atoms with Gasteiger partial charge in [-0.25, -0.2) is 4.79 Å². The van der Waals surface area contributed by atoms with Crippen LogP contribution in [0.3, 0.4) is 0 Å². The Hall–Kier alpha value is -0.770. The van der Waals surface area contributed by atoms with Crippen LogP contribution < -0.4 is 5.32 Å². The normalized spacial score (nSPS) is 40.9. The Bertz CT molecular complexity index is 738. The molecule has 4 nitrogen and oxygen atoms in total. The van der Waals surface area contributed by atoms with E-state index < -0.39 is 0 Å². The molecule has 0 aromatic heterocycles. The maximum absolute atomic E-state index is 12.4. The van der Waals surface area contributed by atoms with Crippen molar-refractivity contribution in [3.63, 3.8) is 0 Å². The number of ether oxygens (including phenoxy) is 1. The standard InChI is InChI=1S/C32H58N2O2/c1-22(2)9-8-10-23(3)27-13-14-28-26-12-11-24-21-25(36-30(35)33-19-20-34(6)7)15-17-31(24,4)29(26)16-18-32(27,28)5/h22-29H,8-21H2,1-7H3,(H,33,35)/t23-,24?,25?,26+,27?,28+,29+,31+,32-/m1/s1. The summed E-state index contributed by atoms with van der Waals surface area (Å²) in [7, 11) is 4.05. The summed E-state index contributed by atoms with van der Waals surface area (Å²) in [4.78, 5) is 14.4. The van der Waals surface area contributed by atoms with E-state index >= 15 is 0 Å². The zero-order valence-electron chi connectivity index (χ0n) is 24.8. The fourth-order valence-electron chi connectivity index (χ4n) is 9.92. The molecule has 208 valence electrons. The smallest absolute Gasteiger partial charge is 0.407 e. The van der Waals surface area contributed by atoms with Crippen LogP contribution in [0.25, 0.3) is 0 Å². The zero-order valence-corrected chi connectivity index (χ0v) is 24.8. The van der Waals surface area contributed by atoms with Crippen molar-refractivity contribution in [3.8, 4) is 0 Å². The third-order valence-electron chi connectivity index (χ3n) is 11.9. The molecule has 0 aromatic carbocycles. The molecule has 0 spiro atoms. The molecule has 3 unspecified atom stereocenters. The molecule has 4 saturated carbocycles. The number of nitrogens with zero attached hydrogens (tertiary/aromatic N) is 1. The Morgan fingerprint density at radius 2 is 1.67 bits per heavy atom. The topological polar surface area (TPSA) is 41.6 Å². The molecule has 0 aliphatic heterocycles. The largest absolute Gasteiger partial charge is 0.446 e. The molecule has 4 aliphatic rings. The Morgan fingerprint density at radius 1 is 0.944 bits per heavy atom. The first kappa shape index (κ1) is 28.2. The van der Waals surface area contributed by atoms with Gasteiger partial charge in [0.15, 0.2) is 0 Å². The minimum Gasteiger partial charge on any atom is -0.446 e. The fraction of sp³-hybridized carbons (Fsp3) is 0.969. The molecule has 0 heterocycles. The molecule has 36 heavy (non-hydrogen) atoms. The van der Waals surface area contributed by atoms with Crippen LogP contribution >= 0.6 is 0 Å². The molecule has 0 saturated heterocycles. The van der Waals surface area contributed by atoms with E-state index in [-0.39, 0.29) is 12.2 Å². The van der Waals surface area contributed by atoms with Crippen LogP contribution in [0.15, 0.2) is 0 Å². The second kappa shape index (κ2) is 11.5. The van der Waals surface area contributed by atoms with Crippen molar-refractivity contribution in [1.82, 2.24) is 10.2 Å². The summed E-state index contributed by atoms with van der Waals surface area (Å²) >= 11 is 0. The molecular formula is C32H58N2O2. The first-order chi connectivity index (χ1) is 17.0. The van der Waals surface area contributed by atoms with Crippen LogP contribution in [0, 0.1) is 52.3 Å². The van der Waals surface area contributed by atoms with Gasteiger partial charge < -0.3 is 15.0 Å². The van der Waals surface area contributed by atoms with Crippen LogP contribution in [0.4, 0.5) is 4.79 Å². The molecule has 1 N–H and O–H groups in total. The molecule has 0 aromatic rings. The van der Waals surface area contributed by atoms with Crippen molar-refractivity contribution in [3.05, 3.63) is 0 Å². The number of carbonyl (C=O) groups excluding carboxylic acids is 1. The third-order valence-corrected chi connectivity index (χ3v) is 11.9. The van der Waals surface area contributed by atoms with Gasteiger partial charge in [-0.05, 0) is 124 Å². The highest BCUT2D eigenvalue weighted by Crippen LogP contribution is 2.68. The van der Waals surface area contributed by atoms with Crippen LogP contribution in [-0.4, -0.2) is 44.3 Å². The van der Waals surface area contributed by atoms with Gasteiger partial charge >= 0.3 is 6.09 Å². The van der Waals surface area contributed by atoms with Gasteiger partial charge in [0, 0.05) is 13.1 Å². The van der Waals surface area contributed by atoms with E-state index in [1.807, 2.05) is 14.1 Å². The summed E-state index contributed by atoms with van der Waals surface area (Å²) in [6.45, 7) is 14.2. The lowest BCUT2D eigenvalue weighted by Gasteiger charge is -2.61. The van der Waals surface area contributed by atoms with E-state index in [9.17, 15) is 4.79 Å². The minimum absolute atomic E-state index is 0.107. The van der Waals surface area contributed by atoms with Gasteiger partial charge in [0.1, 0.15) is 6.10 Å². The quantitative estimate of drug-likeness (QED) is 0.350. The van der Waals surface area contributed by atoms with Gasteiger partial charge in [-0.2, -0.15) is 0 Å². The summed E-state index contributed by atoms with van der Waals surface area (Å²) in [6.07, 6.45) is 16.1. The van der Waals surface area contributed by atoms with E-state index in [4.69, 9.17) is 4.74 Å². The molecule has 0 bridgehead atoms. The van der Waals surface area contributed by atoms with E-state index in [0.717, 1.165) is 60.8 Å². The van der Waals surface area contributed by atoms with E-state index in [1.54, 1.807) is 0 Å². The number of rotatable bonds is 9. The predicted octanol–water partition coefficient (Wildman–Crippen LogP) is 7.76. The van der Waals surface area contributed by atoms with Gasteiger partial charge in [0.05, 0.1) is 0 Å². The van der Waals surface area contributed by atoms with Crippen LogP contribution in [0.1, 0.15) is 112 Å². The molecule has 4 fully saturated rings. The summed E-state index contributed by atoms with van der Waals surface area (Å²) in [5.41, 5.74) is 1.03. The summed E-state index contributed by atoms with van der Waals surface area (Å²) in [6, 6.07) is 0. The first-order valence-electron chi connectivity index (χ1n) is 15.6. The zero-order chi connectivity index (χ0) is 26.1. The summed E-state index contributed by atoms with van der Waals surface area (Å²) < 4.78 is 5.91. The monoisotopic (exact) mass is 502 g/mol. The van der Waals surface area contributed by atoms with E-state index in [2.05, 4.69) is 44.8 Å². The Morgan fingerprint density at radius 3 is 2.39 bits per heavy atom. The number of carbonyl (C=O) groups is 1. The van der Waals surface area contributed by atoms with Crippen molar-refractivity contribution < 1.29 is 9.53 Å². The fourth-order valence-corrected chi connectivity index (χ4v) is 9.92. The van der Waals surface area contributed by atoms with Crippen LogP contribution in [0.2, 0.25) is 0 Å². The SMILES string of the molecule is CC(C)CCC[C@@H](C)C1CC[C@H]2[C@@H]3CCC4CC(OC(=O)NCCN(C)C)CC[C@]4(C)[C@H]3CC[C@]12C. The third kappa shape index (κ3) is 5.79. The molecule has 0 radical (unpaired) electrons. The lowest BCUT2D eigenvalue weighted by atomic mass is 9.44. The van der Waals surface area contributed by atoms with Crippen molar-refractivity contribution >= 4 is 6.09 Å². The number of hydrogen-bond acceptors (Lipinski definition) is 3. The first-order valence-corrected chi connectivity index (χ1v) is 15.6. The molecule has 4 rings (SSSR count). The summed E-state index contributed by atoms with van der Waals surface area (Å²) in [5, 5.41) is 2.95. The maximum atomic E-state index is 12.4. The molecule has 9 atom stereocenters. The number of hydrogen-bond donors (Lipinski definition) is 1. The van der Waals surface area contributed by atoms with E-state index in [0.29, 0.717) is 17.4 Å². The highest BCUT2D eigenvalue weighted by Gasteiger charge is 2.60. The van der Waals surface area contributed by atoms with Gasteiger partial charge in [0.2, 0.25) is 0 Å². The van der Waals surface area contributed by atoms with Gasteiger partial charge in [-0.1, -0.05) is 53.9 Å². The predicted molar refractivity (Wildman–Crippen MR) is 150 cm³/mol. The maximum Gasteiger partial charge on any atom is 0.407 e. The Kier molecular flexibility index (Phi) is 9.05. The molecule has 4 aliphatic carbocycles. The lowest BCUT2D eigenvalue weighted by molar-refractivity contribution is -0.129. The molecule has 4 heteroatoms. The highest BCUT2D eigenvalue weighted by atomic mass is 16.6. The van der Waals surface area contributed by atoms with E-state index in [1.165, 1.54) is 64.2 Å². The lowest BCUT2D eigenvalue weighted by Crippen LogP contribution is -2.54. The second-order valence-electron chi connectivity index (χ2n) is 14.7. The Balaban J connectivity index is 1.34. The Labute approximate surface area is 223 Å². The minimum atomic E-state index is -0.216. The summed E-state index contributed by atoms with van der Waals surface area (Å²) in [5.74, 6) is 6.17. The highest BCUT2D eigenvalue weighted by molar-refractivity contribution is 5.67. The average molecular weight is 503 g/mol. The van der Waals surface area contributed by atoms with Crippen LogP contribution in [0.5, 0.6) is 0 Å². The number of fused-ring (bicyclic) bond motifs is 5. The molecule has 1 amide bonds. The molecular weight excluding hydrogens is 444 g/mol. The number of alkyl carbamates (subject to hydrolysis) is 1. The van der Waals surface area contributed by atoms with Crippen molar-refractivity contribution in [2.75, 3.05) is 27.2 Å². The number of amides is 1.